The van der Waals surface area contributed by atoms with Gasteiger partial charge in [-0.25, -0.2) is 0 Å². The Morgan fingerprint density at radius 1 is 1.12 bits per heavy atom. The lowest BCUT2D eigenvalue weighted by Crippen LogP contribution is -2.56. The topological polar surface area (TPSA) is 61.4 Å². The fourth-order valence-corrected chi connectivity index (χ4v) is 3.25. The molecule has 0 spiro atoms. The van der Waals surface area contributed by atoms with E-state index in [-0.39, 0.29) is 12.6 Å². The summed E-state index contributed by atoms with van der Waals surface area (Å²) in [5, 5.41) is 16.6. The van der Waals surface area contributed by atoms with E-state index in [0.717, 1.165) is 24.8 Å². The standard InChI is InChI=1S/C20H24N2O2/c23-14-20(15-24,11-16-6-2-1-3-7-16)22-13-19-10-17-8-4-5-9-18(17)12-21-19/h1-9,14,19,21-22,24H,10-13,15H2/t19-,20?/m0/s1. The van der Waals surface area contributed by atoms with E-state index in [1.165, 1.54) is 11.1 Å². The van der Waals surface area contributed by atoms with E-state index in [9.17, 15) is 9.90 Å². The number of benzene rings is 2. The minimum absolute atomic E-state index is 0.214. The molecule has 2 aromatic rings. The van der Waals surface area contributed by atoms with E-state index in [4.69, 9.17) is 0 Å². The zero-order chi connectivity index (χ0) is 16.8. The summed E-state index contributed by atoms with van der Waals surface area (Å²) < 4.78 is 0. The quantitative estimate of drug-likeness (QED) is 0.675. The van der Waals surface area contributed by atoms with Gasteiger partial charge in [0.1, 0.15) is 11.8 Å². The maximum atomic E-state index is 11.7. The Hall–Kier alpha value is -2.01. The lowest BCUT2D eigenvalue weighted by atomic mass is 9.91. The molecule has 0 fully saturated rings. The van der Waals surface area contributed by atoms with Gasteiger partial charge in [-0.2, -0.15) is 0 Å². The van der Waals surface area contributed by atoms with Crippen LogP contribution in [0.15, 0.2) is 54.6 Å². The third kappa shape index (κ3) is 3.90. The van der Waals surface area contributed by atoms with Gasteiger partial charge in [0.25, 0.3) is 0 Å². The van der Waals surface area contributed by atoms with Gasteiger partial charge in [0.15, 0.2) is 0 Å². The van der Waals surface area contributed by atoms with Gasteiger partial charge in [-0.05, 0) is 29.5 Å². The van der Waals surface area contributed by atoms with Gasteiger partial charge in [-0.3, -0.25) is 0 Å². The molecule has 126 valence electrons. The average Bonchev–Trinajstić information content (AvgIpc) is 2.66. The van der Waals surface area contributed by atoms with Crippen molar-refractivity contribution in [3.05, 3.63) is 71.3 Å². The molecule has 24 heavy (non-hydrogen) atoms. The summed E-state index contributed by atoms with van der Waals surface area (Å²) in [6.07, 6.45) is 2.25. The van der Waals surface area contributed by atoms with Crippen molar-refractivity contribution in [1.82, 2.24) is 10.6 Å². The minimum Gasteiger partial charge on any atom is -0.394 e. The van der Waals surface area contributed by atoms with Crippen LogP contribution in [0.3, 0.4) is 0 Å². The average molecular weight is 324 g/mol. The highest BCUT2D eigenvalue weighted by atomic mass is 16.3. The second kappa shape index (κ2) is 7.71. The van der Waals surface area contributed by atoms with E-state index in [2.05, 4.69) is 34.9 Å². The number of rotatable bonds is 7. The second-order valence-corrected chi connectivity index (χ2v) is 6.53. The van der Waals surface area contributed by atoms with Crippen LogP contribution < -0.4 is 10.6 Å². The molecule has 3 rings (SSSR count). The lowest BCUT2D eigenvalue weighted by molar-refractivity contribution is -0.115. The smallest absolute Gasteiger partial charge is 0.142 e. The molecule has 1 aliphatic heterocycles. The van der Waals surface area contributed by atoms with Crippen LogP contribution in [0.4, 0.5) is 0 Å². The number of carbonyl (C=O) groups excluding carboxylic acids is 1. The summed E-state index contributed by atoms with van der Waals surface area (Å²) in [5.74, 6) is 0. The highest BCUT2D eigenvalue weighted by Gasteiger charge is 2.30. The van der Waals surface area contributed by atoms with E-state index < -0.39 is 5.54 Å². The zero-order valence-corrected chi connectivity index (χ0v) is 13.7. The van der Waals surface area contributed by atoms with Gasteiger partial charge < -0.3 is 20.5 Å². The van der Waals surface area contributed by atoms with Gasteiger partial charge in [-0.1, -0.05) is 54.6 Å². The number of aliphatic hydroxyl groups is 1. The van der Waals surface area contributed by atoms with Crippen LogP contribution in [0.1, 0.15) is 16.7 Å². The van der Waals surface area contributed by atoms with Gasteiger partial charge in [0.05, 0.1) is 6.61 Å². The van der Waals surface area contributed by atoms with Crippen molar-refractivity contribution in [3.63, 3.8) is 0 Å². The molecule has 3 N–H and O–H groups in total. The first kappa shape index (κ1) is 16.8. The van der Waals surface area contributed by atoms with Crippen LogP contribution in [-0.4, -0.2) is 36.1 Å². The third-order valence-electron chi connectivity index (χ3n) is 4.74. The number of fused-ring (bicyclic) bond motifs is 1. The van der Waals surface area contributed by atoms with Gasteiger partial charge >= 0.3 is 0 Å². The predicted octanol–water partition coefficient (Wildman–Crippen LogP) is 1.46. The molecule has 0 aliphatic carbocycles. The normalized spacial score (nSPS) is 19.3. The molecule has 1 unspecified atom stereocenters. The lowest BCUT2D eigenvalue weighted by Gasteiger charge is -2.32. The Balaban J connectivity index is 1.63. The highest BCUT2D eigenvalue weighted by Crippen LogP contribution is 2.17. The molecule has 1 aliphatic rings. The monoisotopic (exact) mass is 324 g/mol. The van der Waals surface area contributed by atoms with E-state index in [0.29, 0.717) is 13.0 Å². The van der Waals surface area contributed by atoms with Gasteiger partial charge in [0, 0.05) is 19.1 Å². The Kier molecular flexibility index (Phi) is 5.41. The summed E-state index contributed by atoms with van der Waals surface area (Å²) in [6.45, 7) is 1.27. The Bertz CT molecular complexity index is 674. The van der Waals surface area contributed by atoms with Gasteiger partial charge in [0.2, 0.25) is 0 Å². The van der Waals surface area contributed by atoms with Crippen molar-refractivity contribution in [2.45, 2.75) is 31.0 Å². The first-order chi connectivity index (χ1) is 11.7. The fourth-order valence-electron chi connectivity index (χ4n) is 3.25. The van der Waals surface area contributed by atoms with Gasteiger partial charge in [-0.15, -0.1) is 0 Å². The predicted molar refractivity (Wildman–Crippen MR) is 94.8 cm³/mol. The molecule has 4 heteroatoms. The number of aliphatic hydroxyl groups excluding tert-OH is 1. The molecule has 0 radical (unpaired) electrons. The fraction of sp³-hybridized carbons (Fsp3) is 0.350. The van der Waals surface area contributed by atoms with Crippen molar-refractivity contribution < 1.29 is 9.90 Å². The SMILES string of the molecule is O=CC(CO)(Cc1ccccc1)NC[C@@H]1Cc2ccccc2CN1. The zero-order valence-electron chi connectivity index (χ0n) is 13.7. The summed E-state index contributed by atoms with van der Waals surface area (Å²) >= 11 is 0. The molecule has 4 nitrogen and oxygen atoms in total. The first-order valence-electron chi connectivity index (χ1n) is 8.41. The minimum atomic E-state index is -0.931. The molecule has 0 saturated heterocycles. The maximum Gasteiger partial charge on any atom is 0.142 e. The van der Waals surface area contributed by atoms with E-state index >= 15 is 0 Å². The van der Waals surface area contributed by atoms with Crippen molar-refractivity contribution in [2.24, 2.45) is 0 Å². The van der Waals surface area contributed by atoms with Crippen molar-refractivity contribution in [1.29, 1.82) is 0 Å². The third-order valence-corrected chi connectivity index (χ3v) is 4.74. The molecular weight excluding hydrogens is 300 g/mol. The van der Waals surface area contributed by atoms with Crippen molar-refractivity contribution in [3.8, 4) is 0 Å². The summed E-state index contributed by atoms with van der Waals surface area (Å²) in [5.41, 5.74) is 2.79. The van der Waals surface area contributed by atoms with Crippen LogP contribution in [0, 0.1) is 0 Å². The largest absolute Gasteiger partial charge is 0.394 e. The number of hydrogen-bond donors (Lipinski definition) is 3. The molecule has 0 amide bonds. The second-order valence-electron chi connectivity index (χ2n) is 6.53. The molecule has 2 atom stereocenters. The molecule has 0 saturated carbocycles. The van der Waals surface area contributed by atoms with Crippen LogP contribution in [0.25, 0.3) is 0 Å². The molecular formula is C20H24N2O2. The van der Waals surface area contributed by atoms with Crippen LogP contribution >= 0.6 is 0 Å². The van der Waals surface area contributed by atoms with Crippen LogP contribution in [0.5, 0.6) is 0 Å². The number of carbonyl (C=O) groups is 1. The van der Waals surface area contributed by atoms with Crippen LogP contribution in [-0.2, 0) is 24.2 Å². The number of aldehydes is 1. The Morgan fingerprint density at radius 2 is 1.83 bits per heavy atom. The van der Waals surface area contributed by atoms with Crippen LogP contribution in [0.2, 0.25) is 0 Å². The van der Waals surface area contributed by atoms with Crippen molar-refractivity contribution in [2.75, 3.05) is 13.2 Å². The Morgan fingerprint density at radius 3 is 2.54 bits per heavy atom. The summed E-state index contributed by atoms with van der Waals surface area (Å²) in [4.78, 5) is 11.7. The highest BCUT2D eigenvalue weighted by molar-refractivity contribution is 5.65. The molecule has 1 heterocycles. The summed E-state index contributed by atoms with van der Waals surface area (Å²) in [7, 11) is 0. The molecule has 0 aromatic heterocycles. The Labute approximate surface area is 142 Å². The first-order valence-corrected chi connectivity index (χ1v) is 8.41. The number of hydrogen-bond acceptors (Lipinski definition) is 4. The molecule has 0 bridgehead atoms. The summed E-state index contributed by atoms with van der Waals surface area (Å²) in [6, 6.07) is 18.5. The van der Waals surface area contributed by atoms with Crippen molar-refractivity contribution >= 4 is 6.29 Å². The van der Waals surface area contributed by atoms with E-state index in [1.807, 2.05) is 30.3 Å². The molecule has 2 aromatic carbocycles. The number of nitrogens with one attached hydrogen (secondary N) is 2. The van der Waals surface area contributed by atoms with E-state index in [1.54, 1.807) is 0 Å². The maximum absolute atomic E-state index is 11.7.